The summed E-state index contributed by atoms with van der Waals surface area (Å²) in [4.78, 5) is 11.8. The fourth-order valence-corrected chi connectivity index (χ4v) is 2.21. The van der Waals surface area contributed by atoms with E-state index in [2.05, 4.69) is 10.6 Å². The van der Waals surface area contributed by atoms with Crippen molar-refractivity contribution in [2.24, 2.45) is 0 Å². The molecule has 1 aliphatic rings. The van der Waals surface area contributed by atoms with Gasteiger partial charge in [-0.05, 0) is 24.3 Å². The summed E-state index contributed by atoms with van der Waals surface area (Å²) in [6, 6.07) is 7.65. The minimum atomic E-state index is -0.791. The Morgan fingerprint density at radius 1 is 1.08 bits per heavy atom. The van der Waals surface area contributed by atoms with Crippen LogP contribution in [-0.4, -0.2) is 32.4 Å². The van der Waals surface area contributed by atoms with Gasteiger partial charge in [0.1, 0.15) is 25.6 Å². The van der Waals surface area contributed by atoms with Crippen LogP contribution in [0, 0.1) is 11.6 Å². The number of carbonyl (C=O) groups excluding carboxylic acids is 1. The van der Waals surface area contributed by atoms with Crippen molar-refractivity contribution in [1.29, 1.82) is 0 Å². The first kappa shape index (κ1) is 16.8. The summed E-state index contributed by atoms with van der Waals surface area (Å²) in [6.07, 6.45) is 0. The Morgan fingerprint density at radius 3 is 2.68 bits per heavy atom. The maximum Gasteiger partial charge on any atom is 0.319 e. The van der Waals surface area contributed by atoms with Crippen LogP contribution in [0.4, 0.5) is 19.3 Å². The summed E-state index contributed by atoms with van der Waals surface area (Å²) in [6.45, 7) is 1.14. The maximum absolute atomic E-state index is 13.4. The molecule has 0 aliphatic carbocycles. The van der Waals surface area contributed by atoms with Crippen molar-refractivity contribution >= 4 is 11.7 Å². The number of rotatable bonds is 5. The predicted octanol–water partition coefficient (Wildman–Crippen LogP) is 2.94. The number of amides is 2. The minimum Gasteiger partial charge on any atom is -0.489 e. The Balaban J connectivity index is 1.43. The number of benzene rings is 2. The van der Waals surface area contributed by atoms with Gasteiger partial charge in [0.25, 0.3) is 0 Å². The molecule has 0 saturated heterocycles. The summed E-state index contributed by atoms with van der Waals surface area (Å²) in [5, 5.41) is 5.21. The normalized spacial score (nSPS) is 12.4. The molecule has 0 aromatic heterocycles. The fourth-order valence-electron chi connectivity index (χ4n) is 2.21. The van der Waals surface area contributed by atoms with Crippen molar-refractivity contribution in [1.82, 2.24) is 5.32 Å². The number of anilines is 1. The first-order valence-electron chi connectivity index (χ1n) is 7.64. The van der Waals surface area contributed by atoms with Gasteiger partial charge >= 0.3 is 6.03 Å². The molecule has 2 aromatic rings. The Kier molecular flexibility index (Phi) is 5.17. The molecule has 0 atom stereocenters. The topological polar surface area (TPSA) is 68.8 Å². The summed E-state index contributed by atoms with van der Waals surface area (Å²) in [5.41, 5.74) is 0.548. The van der Waals surface area contributed by atoms with E-state index in [0.29, 0.717) is 30.4 Å². The second-order valence-corrected chi connectivity index (χ2v) is 5.16. The molecule has 1 aliphatic heterocycles. The van der Waals surface area contributed by atoms with Crippen molar-refractivity contribution in [2.75, 3.05) is 31.7 Å². The lowest BCUT2D eigenvalue weighted by Crippen LogP contribution is -2.32. The van der Waals surface area contributed by atoms with E-state index < -0.39 is 17.7 Å². The van der Waals surface area contributed by atoms with E-state index >= 15 is 0 Å². The standard InChI is InChI=1S/C17H16F2N2O4/c18-11-1-3-14(13(19)9-11)23-6-5-20-17(22)21-12-2-4-15-16(10-12)25-8-7-24-15/h1-4,9-10H,5-8H2,(H2,20,21,22). The van der Waals surface area contributed by atoms with Gasteiger partial charge in [0.05, 0.1) is 6.54 Å². The first-order chi connectivity index (χ1) is 12.1. The molecule has 8 heteroatoms. The Labute approximate surface area is 142 Å². The molecule has 0 unspecified atom stereocenters. The van der Waals surface area contributed by atoms with Gasteiger partial charge in [-0.15, -0.1) is 0 Å². The highest BCUT2D eigenvalue weighted by Crippen LogP contribution is 2.32. The number of halogens is 2. The van der Waals surface area contributed by atoms with E-state index in [4.69, 9.17) is 14.2 Å². The third-order valence-corrected chi connectivity index (χ3v) is 3.34. The Bertz CT molecular complexity index is 770. The number of hydrogen-bond acceptors (Lipinski definition) is 4. The maximum atomic E-state index is 13.4. The van der Waals surface area contributed by atoms with Crippen molar-refractivity contribution in [2.45, 2.75) is 0 Å². The lowest BCUT2D eigenvalue weighted by molar-refractivity contribution is 0.171. The Morgan fingerprint density at radius 2 is 1.88 bits per heavy atom. The van der Waals surface area contributed by atoms with Crippen LogP contribution in [-0.2, 0) is 0 Å². The number of hydrogen-bond donors (Lipinski definition) is 2. The van der Waals surface area contributed by atoms with Crippen LogP contribution in [0.1, 0.15) is 0 Å². The molecule has 2 N–H and O–H groups in total. The second-order valence-electron chi connectivity index (χ2n) is 5.16. The van der Waals surface area contributed by atoms with Gasteiger partial charge in [0.2, 0.25) is 0 Å². The van der Waals surface area contributed by atoms with Crippen LogP contribution >= 0.6 is 0 Å². The summed E-state index contributed by atoms with van der Waals surface area (Å²) < 4.78 is 42.1. The van der Waals surface area contributed by atoms with Gasteiger partial charge in [-0.3, -0.25) is 0 Å². The van der Waals surface area contributed by atoms with E-state index in [9.17, 15) is 13.6 Å². The molecule has 25 heavy (non-hydrogen) atoms. The number of carbonyl (C=O) groups is 1. The number of fused-ring (bicyclic) bond motifs is 1. The molecule has 0 saturated carbocycles. The van der Waals surface area contributed by atoms with Gasteiger partial charge in [-0.1, -0.05) is 0 Å². The predicted molar refractivity (Wildman–Crippen MR) is 86.3 cm³/mol. The number of nitrogens with one attached hydrogen (secondary N) is 2. The van der Waals surface area contributed by atoms with Crippen LogP contribution in [0.25, 0.3) is 0 Å². The largest absolute Gasteiger partial charge is 0.489 e. The van der Waals surface area contributed by atoms with E-state index in [1.54, 1.807) is 18.2 Å². The molecular weight excluding hydrogens is 334 g/mol. The molecule has 1 heterocycles. The van der Waals surface area contributed by atoms with Crippen LogP contribution in [0.15, 0.2) is 36.4 Å². The lowest BCUT2D eigenvalue weighted by Gasteiger charge is -2.19. The van der Waals surface area contributed by atoms with Crippen LogP contribution in [0.5, 0.6) is 17.2 Å². The lowest BCUT2D eigenvalue weighted by atomic mass is 10.2. The van der Waals surface area contributed by atoms with Crippen LogP contribution < -0.4 is 24.8 Å². The van der Waals surface area contributed by atoms with E-state index in [-0.39, 0.29) is 18.9 Å². The molecule has 3 rings (SSSR count). The fraction of sp³-hybridized carbons (Fsp3) is 0.235. The second kappa shape index (κ2) is 7.69. The van der Waals surface area contributed by atoms with Crippen molar-refractivity contribution < 1.29 is 27.8 Å². The molecule has 6 nitrogen and oxygen atoms in total. The zero-order valence-electron chi connectivity index (χ0n) is 13.2. The summed E-state index contributed by atoms with van der Waals surface area (Å²) >= 11 is 0. The minimum absolute atomic E-state index is 0.0388. The van der Waals surface area contributed by atoms with Gasteiger partial charge in [0, 0.05) is 17.8 Å². The molecule has 0 spiro atoms. The van der Waals surface area contributed by atoms with Crippen molar-refractivity contribution in [3.63, 3.8) is 0 Å². The van der Waals surface area contributed by atoms with Crippen LogP contribution in [0.3, 0.4) is 0 Å². The zero-order valence-corrected chi connectivity index (χ0v) is 13.2. The van der Waals surface area contributed by atoms with Gasteiger partial charge in [-0.25, -0.2) is 13.6 Å². The zero-order chi connectivity index (χ0) is 17.6. The van der Waals surface area contributed by atoms with E-state index in [1.807, 2.05) is 0 Å². The van der Waals surface area contributed by atoms with Crippen molar-refractivity contribution in [3.05, 3.63) is 48.0 Å². The van der Waals surface area contributed by atoms with Gasteiger partial charge < -0.3 is 24.8 Å². The number of ether oxygens (including phenoxy) is 3. The number of urea groups is 1. The molecule has 132 valence electrons. The smallest absolute Gasteiger partial charge is 0.319 e. The highest BCUT2D eigenvalue weighted by atomic mass is 19.1. The highest BCUT2D eigenvalue weighted by Gasteiger charge is 2.12. The molecular formula is C17H16F2N2O4. The summed E-state index contributed by atoms with van der Waals surface area (Å²) in [5.74, 6) is -0.343. The average Bonchev–Trinajstić information content (AvgIpc) is 2.60. The van der Waals surface area contributed by atoms with Crippen molar-refractivity contribution in [3.8, 4) is 17.2 Å². The van der Waals surface area contributed by atoms with Gasteiger partial charge in [0.15, 0.2) is 23.1 Å². The van der Waals surface area contributed by atoms with Crippen LogP contribution in [0.2, 0.25) is 0 Å². The third-order valence-electron chi connectivity index (χ3n) is 3.34. The average molecular weight is 350 g/mol. The quantitative estimate of drug-likeness (QED) is 0.814. The van der Waals surface area contributed by atoms with E-state index in [1.165, 1.54) is 6.07 Å². The molecule has 0 fully saturated rings. The van der Waals surface area contributed by atoms with E-state index in [0.717, 1.165) is 12.1 Å². The summed E-state index contributed by atoms with van der Waals surface area (Å²) in [7, 11) is 0. The first-order valence-corrected chi connectivity index (χ1v) is 7.64. The SMILES string of the molecule is O=C(NCCOc1ccc(F)cc1F)Nc1ccc2c(c1)OCCO2. The highest BCUT2D eigenvalue weighted by molar-refractivity contribution is 5.89. The van der Waals surface area contributed by atoms with Gasteiger partial charge in [-0.2, -0.15) is 0 Å². The molecule has 2 amide bonds. The Hall–Kier alpha value is -3.03. The molecule has 0 radical (unpaired) electrons. The monoisotopic (exact) mass is 350 g/mol. The molecule has 2 aromatic carbocycles. The molecule has 0 bridgehead atoms. The third kappa shape index (κ3) is 4.50.